The molecule has 2 amide bonds. The number of nitrogens with one attached hydrogen (secondary N) is 3. The van der Waals surface area contributed by atoms with E-state index in [4.69, 9.17) is 37.5 Å². The molecule has 4 aromatic heterocycles. The molecular weight excluding hydrogens is 751 g/mol. The number of furan rings is 1. The monoisotopic (exact) mass is 790 g/mol. The quantitative estimate of drug-likeness (QED) is 0.0987. The standard InChI is InChI=1S/C39H40Cl2N6O6S/c1-21(2)47-25(6)33(24(5)45-47)34-30(40)10-9-29-28(8-7-17-52-27-18-22(3)35(41)23(4)19-27)37(44-36(29)34)39(49)46-54(50,51)32-12-11-31(53-32)38(48)43-20-26-13-15-42-16-14-26/h9-16,18-19,21,44H,7-8,17,20H2,1-6H3,(H,43,48)(H,46,49). The van der Waals surface area contributed by atoms with Crippen LogP contribution in [0.1, 0.15) is 81.0 Å². The number of benzene rings is 2. The Morgan fingerprint density at radius 2 is 1.67 bits per heavy atom. The summed E-state index contributed by atoms with van der Waals surface area (Å²) in [4.78, 5) is 33.9. The fourth-order valence-electron chi connectivity index (χ4n) is 6.53. The highest BCUT2D eigenvalue weighted by molar-refractivity contribution is 7.90. The van der Waals surface area contributed by atoms with Crippen molar-refractivity contribution >= 4 is 55.9 Å². The minimum absolute atomic E-state index is 0.0312. The Morgan fingerprint density at radius 3 is 2.33 bits per heavy atom. The number of H-pyrrole nitrogens is 1. The molecule has 6 rings (SSSR count). The molecular formula is C39H40Cl2N6O6S. The Kier molecular flexibility index (Phi) is 11.2. The van der Waals surface area contributed by atoms with Crippen LogP contribution in [0.15, 0.2) is 70.4 Å². The summed E-state index contributed by atoms with van der Waals surface area (Å²) in [6, 6.07) is 13.2. The molecule has 282 valence electrons. The Morgan fingerprint density at radius 1 is 0.963 bits per heavy atom. The lowest BCUT2D eigenvalue weighted by atomic mass is 9.98. The summed E-state index contributed by atoms with van der Waals surface area (Å²) in [6.45, 7) is 12.2. The number of amides is 2. The number of carbonyl (C=O) groups excluding carboxylic acids is 2. The van der Waals surface area contributed by atoms with Gasteiger partial charge in [-0.1, -0.05) is 29.3 Å². The molecule has 0 saturated carbocycles. The fraction of sp³-hybridized carbons (Fsp3) is 0.282. The second kappa shape index (κ2) is 15.7. The molecule has 0 atom stereocenters. The Balaban J connectivity index is 1.31. The zero-order valence-electron chi connectivity index (χ0n) is 30.6. The van der Waals surface area contributed by atoms with Crippen molar-refractivity contribution in [3.05, 3.63) is 116 Å². The zero-order chi connectivity index (χ0) is 38.9. The number of carbonyl (C=O) groups is 2. The van der Waals surface area contributed by atoms with E-state index in [0.717, 1.165) is 39.7 Å². The van der Waals surface area contributed by atoms with Gasteiger partial charge in [0.15, 0.2) is 5.76 Å². The smallest absolute Gasteiger partial charge is 0.297 e. The normalized spacial score (nSPS) is 11.7. The number of halogens is 2. The first kappa shape index (κ1) is 38.6. The van der Waals surface area contributed by atoms with Crippen molar-refractivity contribution in [1.82, 2.24) is 29.8 Å². The van der Waals surface area contributed by atoms with Crippen LogP contribution in [0.2, 0.25) is 10.0 Å². The highest BCUT2D eigenvalue weighted by atomic mass is 35.5. The molecule has 6 aromatic rings. The number of aryl methyl sites for hydroxylation is 4. The van der Waals surface area contributed by atoms with Crippen LogP contribution in [0.25, 0.3) is 22.0 Å². The number of aromatic nitrogens is 4. The van der Waals surface area contributed by atoms with E-state index in [2.05, 4.69) is 20.0 Å². The van der Waals surface area contributed by atoms with Gasteiger partial charge in [-0.25, -0.2) is 4.72 Å². The van der Waals surface area contributed by atoms with E-state index >= 15 is 0 Å². The van der Waals surface area contributed by atoms with Gasteiger partial charge < -0.3 is 19.5 Å². The van der Waals surface area contributed by atoms with Crippen LogP contribution in [0.4, 0.5) is 0 Å². The van der Waals surface area contributed by atoms with Crippen molar-refractivity contribution in [2.45, 2.75) is 72.1 Å². The van der Waals surface area contributed by atoms with Crippen molar-refractivity contribution in [2.24, 2.45) is 0 Å². The lowest BCUT2D eigenvalue weighted by molar-refractivity contribution is 0.0917. The fourth-order valence-corrected chi connectivity index (χ4v) is 7.78. The molecule has 0 fully saturated rings. The predicted octanol–water partition coefficient (Wildman–Crippen LogP) is 8.20. The molecule has 54 heavy (non-hydrogen) atoms. The molecule has 2 aromatic carbocycles. The summed E-state index contributed by atoms with van der Waals surface area (Å²) in [5.74, 6) is -1.11. The van der Waals surface area contributed by atoms with Crippen LogP contribution in [0, 0.1) is 27.7 Å². The lowest BCUT2D eigenvalue weighted by Crippen LogP contribution is -2.31. The number of rotatable bonds is 13. The summed E-state index contributed by atoms with van der Waals surface area (Å²) < 4.78 is 42.5. The van der Waals surface area contributed by atoms with Gasteiger partial charge in [-0.3, -0.25) is 19.3 Å². The summed E-state index contributed by atoms with van der Waals surface area (Å²) in [5.41, 5.74) is 6.86. The van der Waals surface area contributed by atoms with Crippen LogP contribution in [0.3, 0.4) is 0 Å². The van der Waals surface area contributed by atoms with Gasteiger partial charge in [0.05, 0.1) is 22.8 Å². The van der Waals surface area contributed by atoms with Crippen molar-refractivity contribution in [3.8, 4) is 16.9 Å². The topological polar surface area (TPSA) is 161 Å². The second-order valence-electron chi connectivity index (χ2n) is 13.3. The van der Waals surface area contributed by atoms with Crippen LogP contribution < -0.4 is 14.8 Å². The lowest BCUT2D eigenvalue weighted by Gasteiger charge is -2.11. The molecule has 0 aliphatic rings. The molecule has 0 aliphatic carbocycles. The third-order valence-corrected chi connectivity index (χ3v) is 11.2. The summed E-state index contributed by atoms with van der Waals surface area (Å²) in [7, 11) is -4.55. The Labute approximate surface area is 323 Å². The summed E-state index contributed by atoms with van der Waals surface area (Å²) >= 11 is 13.2. The van der Waals surface area contributed by atoms with Crippen LogP contribution in [-0.2, 0) is 23.0 Å². The SMILES string of the molecule is Cc1cc(OCCCc2c(C(=O)NS(=O)(=O)c3ccc(C(=O)NCc4ccncc4)o3)[nH]c3c(-c4c(C)nn(C(C)C)c4C)c(Cl)ccc23)cc(C)c1Cl. The minimum Gasteiger partial charge on any atom is -0.494 e. The van der Waals surface area contributed by atoms with Gasteiger partial charge >= 0.3 is 0 Å². The average molecular weight is 792 g/mol. The van der Waals surface area contributed by atoms with E-state index < -0.39 is 26.9 Å². The molecule has 12 nitrogen and oxygen atoms in total. The van der Waals surface area contributed by atoms with Crippen molar-refractivity contribution in [3.63, 3.8) is 0 Å². The Bertz CT molecular complexity index is 2460. The number of ether oxygens (including phenoxy) is 1. The first-order valence-electron chi connectivity index (χ1n) is 17.3. The minimum atomic E-state index is -4.55. The second-order valence-corrected chi connectivity index (χ2v) is 15.7. The Hall–Kier alpha value is -5.11. The molecule has 0 radical (unpaired) electrons. The predicted molar refractivity (Wildman–Crippen MR) is 208 cm³/mol. The third kappa shape index (κ3) is 7.89. The van der Waals surface area contributed by atoms with E-state index in [1.165, 1.54) is 6.07 Å². The number of hydrogen-bond donors (Lipinski definition) is 3. The van der Waals surface area contributed by atoms with Crippen molar-refractivity contribution in [2.75, 3.05) is 6.61 Å². The maximum Gasteiger partial charge on any atom is 0.297 e. The molecule has 15 heteroatoms. The molecule has 0 unspecified atom stereocenters. The molecule has 3 N–H and O–H groups in total. The molecule has 0 aliphatic heterocycles. The summed E-state index contributed by atoms with van der Waals surface area (Å²) in [5, 5.41) is 8.63. The molecule has 0 spiro atoms. The van der Waals surface area contributed by atoms with Gasteiger partial charge in [0.1, 0.15) is 11.4 Å². The number of sulfonamides is 1. The van der Waals surface area contributed by atoms with E-state index in [-0.39, 0.29) is 24.0 Å². The number of pyridine rings is 1. The van der Waals surface area contributed by atoms with Crippen LogP contribution in [0.5, 0.6) is 5.75 Å². The van der Waals surface area contributed by atoms with Gasteiger partial charge in [-0.05, 0) is 119 Å². The largest absolute Gasteiger partial charge is 0.494 e. The van der Waals surface area contributed by atoms with Gasteiger partial charge in [-0.15, -0.1) is 0 Å². The number of nitrogens with zero attached hydrogens (tertiary/aromatic N) is 3. The van der Waals surface area contributed by atoms with E-state index in [9.17, 15) is 18.0 Å². The van der Waals surface area contributed by atoms with Gasteiger partial charge in [-0.2, -0.15) is 13.5 Å². The number of hydrogen-bond acceptors (Lipinski definition) is 8. The molecule has 4 heterocycles. The first-order valence-corrected chi connectivity index (χ1v) is 19.5. The number of fused-ring (bicyclic) bond motifs is 1. The maximum absolute atomic E-state index is 14.0. The highest BCUT2D eigenvalue weighted by Gasteiger charge is 2.29. The van der Waals surface area contributed by atoms with Crippen LogP contribution in [-0.4, -0.2) is 46.6 Å². The summed E-state index contributed by atoms with van der Waals surface area (Å²) in [6.07, 6.45) is 4.02. The van der Waals surface area contributed by atoms with E-state index in [0.29, 0.717) is 57.3 Å². The first-order chi connectivity index (χ1) is 25.7. The van der Waals surface area contributed by atoms with Gasteiger partial charge in [0, 0.05) is 52.2 Å². The van der Waals surface area contributed by atoms with Gasteiger partial charge in [0.25, 0.3) is 21.8 Å². The third-order valence-electron chi connectivity index (χ3n) is 9.07. The van der Waals surface area contributed by atoms with Crippen molar-refractivity contribution < 1.29 is 27.2 Å². The molecule has 0 bridgehead atoms. The van der Waals surface area contributed by atoms with Gasteiger partial charge in [0.2, 0.25) is 5.09 Å². The van der Waals surface area contributed by atoms with Crippen LogP contribution >= 0.6 is 23.2 Å². The van der Waals surface area contributed by atoms with Crippen molar-refractivity contribution in [1.29, 1.82) is 0 Å². The van der Waals surface area contributed by atoms with E-state index in [1.54, 1.807) is 30.6 Å². The highest BCUT2D eigenvalue weighted by Crippen LogP contribution is 2.41. The molecule has 0 saturated heterocycles. The zero-order valence-corrected chi connectivity index (χ0v) is 33.0. The number of aromatic amines is 1. The maximum atomic E-state index is 14.0. The van der Waals surface area contributed by atoms with E-state index in [1.807, 2.05) is 64.4 Å². The average Bonchev–Trinajstić information content (AvgIpc) is 3.85.